The average molecular weight is 182 g/mol. The number of amidine groups is 1. The molecule has 0 bridgehead atoms. The van der Waals surface area contributed by atoms with Crippen LogP contribution in [0.1, 0.15) is 5.56 Å². The summed E-state index contributed by atoms with van der Waals surface area (Å²) in [5.74, 6) is 0.510. The van der Waals surface area contributed by atoms with Crippen molar-refractivity contribution >= 4 is 5.84 Å². The van der Waals surface area contributed by atoms with Crippen molar-refractivity contribution in [1.82, 2.24) is 0 Å². The summed E-state index contributed by atoms with van der Waals surface area (Å²) in [6, 6.07) is 6.72. The molecule has 3 nitrogen and oxygen atoms in total. The number of nitrogens with two attached hydrogens (primary N) is 1. The van der Waals surface area contributed by atoms with Crippen molar-refractivity contribution in [2.75, 3.05) is 13.3 Å². The summed E-state index contributed by atoms with van der Waals surface area (Å²) >= 11 is 0. The van der Waals surface area contributed by atoms with Gasteiger partial charge in [-0.25, -0.2) is 4.39 Å². The van der Waals surface area contributed by atoms with Gasteiger partial charge in [-0.2, -0.15) is 0 Å². The zero-order chi connectivity index (χ0) is 9.68. The first-order chi connectivity index (χ1) is 6.24. The van der Waals surface area contributed by atoms with Gasteiger partial charge in [-0.3, -0.25) is 5.41 Å². The third-order valence-corrected chi connectivity index (χ3v) is 1.49. The van der Waals surface area contributed by atoms with Crippen LogP contribution in [0.3, 0.4) is 0 Å². The fourth-order valence-corrected chi connectivity index (χ4v) is 0.910. The topological polar surface area (TPSA) is 59.1 Å². The van der Waals surface area contributed by atoms with Crippen LogP contribution in [0.4, 0.5) is 4.39 Å². The van der Waals surface area contributed by atoms with E-state index in [4.69, 9.17) is 15.9 Å². The number of nitrogens with one attached hydrogen (secondary N) is 1. The molecule has 13 heavy (non-hydrogen) atoms. The third-order valence-electron chi connectivity index (χ3n) is 1.49. The number of hydrogen-bond acceptors (Lipinski definition) is 2. The van der Waals surface area contributed by atoms with Gasteiger partial charge in [-0.15, -0.1) is 0 Å². The fourth-order valence-electron chi connectivity index (χ4n) is 0.910. The maximum atomic E-state index is 11.7. The highest BCUT2D eigenvalue weighted by Gasteiger charge is 1.98. The molecule has 0 atom stereocenters. The number of hydrogen-bond donors (Lipinski definition) is 2. The lowest BCUT2D eigenvalue weighted by atomic mass is 10.2. The molecule has 3 N–H and O–H groups in total. The Morgan fingerprint density at radius 2 is 2.31 bits per heavy atom. The fraction of sp³-hybridized carbons (Fsp3) is 0.222. The van der Waals surface area contributed by atoms with Crippen molar-refractivity contribution in [3.63, 3.8) is 0 Å². The molecule has 70 valence electrons. The number of benzene rings is 1. The molecule has 0 aromatic heterocycles. The molecule has 0 unspecified atom stereocenters. The van der Waals surface area contributed by atoms with Gasteiger partial charge in [0.25, 0.3) is 0 Å². The lowest BCUT2D eigenvalue weighted by Crippen LogP contribution is -2.11. The van der Waals surface area contributed by atoms with Crippen LogP contribution in [0.25, 0.3) is 0 Å². The molecule has 0 saturated carbocycles. The highest BCUT2D eigenvalue weighted by molar-refractivity contribution is 5.95. The van der Waals surface area contributed by atoms with Crippen LogP contribution in [0.2, 0.25) is 0 Å². The normalized spacial score (nSPS) is 9.62. The standard InChI is InChI=1S/C9H11FN2O/c10-4-5-13-8-3-1-2-7(6-8)9(11)12/h1-3,6H,4-5H2,(H3,11,12). The summed E-state index contributed by atoms with van der Waals surface area (Å²) in [7, 11) is 0. The number of alkyl halides is 1. The number of halogens is 1. The van der Waals surface area contributed by atoms with Crippen molar-refractivity contribution in [1.29, 1.82) is 5.41 Å². The van der Waals surface area contributed by atoms with Crippen LogP contribution in [-0.2, 0) is 0 Å². The summed E-state index contributed by atoms with van der Waals surface area (Å²) in [5, 5.41) is 7.16. The van der Waals surface area contributed by atoms with Crippen LogP contribution < -0.4 is 10.5 Å². The first-order valence-electron chi connectivity index (χ1n) is 3.87. The van der Waals surface area contributed by atoms with Gasteiger partial charge in [0.05, 0.1) is 0 Å². The minimum atomic E-state index is -0.524. The van der Waals surface area contributed by atoms with Gasteiger partial charge in [0.15, 0.2) is 0 Å². The van der Waals surface area contributed by atoms with E-state index in [-0.39, 0.29) is 12.4 Å². The van der Waals surface area contributed by atoms with E-state index < -0.39 is 6.67 Å². The molecule has 0 radical (unpaired) electrons. The van der Waals surface area contributed by atoms with E-state index in [0.29, 0.717) is 11.3 Å². The molecule has 0 aliphatic rings. The van der Waals surface area contributed by atoms with Crippen LogP contribution in [0, 0.1) is 5.41 Å². The summed E-state index contributed by atoms with van der Waals surface area (Å²) in [6.07, 6.45) is 0. The monoisotopic (exact) mass is 182 g/mol. The lowest BCUT2D eigenvalue weighted by Gasteiger charge is -2.04. The second kappa shape index (κ2) is 4.45. The molecule has 0 amide bonds. The smallest absolute Gasteiger partial charge is 0.123 e. The minimum Gasteiger partial charge on any atom is -0.491 e. The van der Waals surface area contributed by atoms with E-state index in [2.05, 4.69) is 0 Å². The first kappa shape index (κ1) is 9.51. The summed E-state index contributed by atoms with van der Waals surface area (Å²) in [4.78, 5) is 0. The van der Waals surface area contributed by atoms with Gasteiger partial charge < -0.3 is 10.5 Å². The van der Waals surface area contributed by atoms with Gasteiger partial charge >= 0.3 is 0 Å². The Morgan fingerprint density at radius 1 is 1.54 bits per heavy atom. The Morgan fingerprint density at radius 3 is 2.92 bits per heavy atom. The van der Waals surface area contributed by atoms with Gasteiger partial charge in [-0.05, 0) is 12.1 Å². The van der Waals surface area contributed by atoms with E-state index >= 15 is 0 Å². The quantitative estimate of drug-likeness (QED) is 0.545. The molecular formula is C9H11FN2O. The SMILES string of the molecule is N=C(N)c1cccc(OCCF)c1. The lowest BCUT2D eigenvalue weighted by molar-refractivity contribution is 0.273. The molecule has 1 aromatic rings. The molecule has 0 saturated heterocycles. The first-order valence-corrected chi connectivity index (χ1v) is 3.87. The Bertz CT molecular complexity index is 301. The molecule has 0 aliphatic heterocycles. The van der Waals surface area contributed by atoms with E-state index in [1.54, 1.807) is 24.3 Å². The number of rotatable bonds is 4. The van der Waals surface area contributed by atoms with Crippen molar-refractivity contribution < 1.29 is 9.13 Å². The van der Waals surface area contributed by atoms with Crippen LogP contribution in [-0.4, -0.2) is 19.1 Å². The Labute approximate surface area is 75.8 Å². The Balaban J connectivity index is 2.73. The van der Waals surface area contributed by atoms with Gasteiger partial charge in [0.1, 0.15) is 24.9 Å². The summed E-state index contributed by atoms with van der Waals surface area (Å²) < 4.78 is 16.8. The molecule has 4 heteroatoms. The second-order valence-electron chi connectivity index (χ2n) is 2.48. The van der Waals surface area contributed by atoms with E-state index in [0.717, 1.165) is 0 Å². The predicted octanol–water partition coefficient (Wildman–Crippen LogP) is 1.32. The Hall–Kier alpha value is -1.58. The van der Waals surface area contributed by atoms with E-state index in [1.165, 1.54) is 0 Å². The highest BCUT2D eigenvalue weighted by atomic mass is 19.1. The van der Waals surface area contributed by atoms with Crippen LogP contribution in [0.5, 0.6) is 5.75 Å². The molecule has 0 heterocycles. The van der Waals surface area contributed by atoms with Crippen molar-refractivity contribution in [3.05, 3.63) is 29.8 Å². The highest BCUT2D eigenvalue weighted by Crippen LogP contribution is 2.12. The second-order valence-corrected chi connectivity index (χ2v) is 2.48. The molecule has 1 rings (SSSR count). The zero-order valence-electron chi connectivity index (χ0n) is 7.09. The van der Waals surface area contributed by atoms with Crippen molar-refractivity contribution in [2.24, 2.45) is 5.73 Å². The van der Waals surface area contributed by atoms with E-state index in [9.17, 15) is 4.39 Å². The van der Waals surface area contributed by atoms with Gasteiger partial charge in [-0.1, -0.05) is 12.1 Å². The van der Waals surface area contributed by atoms with Crippen LogP contribution >= 0.6 is 0 Å². The van der Waals surface area contributed by atoms with Crippen molar-refractivity contribution in [3.8, 4) is 5.75 Å². The minimum absolute atomic E-state index is 0.0225. The number of ether oxygens (including phenoxy) is 1. The molecule has 1 aromatic carbocycles. The maximum Gasteiger partial charge on any atom is 0.123 e. The molecule has 0 spiro atoms. The number of nitrogen functional groups attached to an aromatic ring is 1. The largest absolute Gasteiger partial charge is 0.491 e. The summed E-state index contributed by atoms with van der Waals surface area (Å²) in [6.45, 7) is -0.494. The molecular weight excluding hydrogens is 171 g/mol. The Kier molecular flexibility index (Phi) is 3.25. The van der Waals surface area contributed by atoms with Crippen molar-refractivity contribution in [2.45, 2.75) is 0 Å². The maximum absolute atomic E-state index is 11.7. The molecule has 0 fully saturated rings. The zero-order valence-corrected chi connectivity index (χ0v) is 7.09. The molecule has 0 aliphatic carbocycles. The summed E-state index contributed by atoms with van der Waals surface area (Å²) in [5.41, 5.74) is 5.84. The van der Waals surface area contributed by atoms with E-state index in [1.807, 2.05) is 0 Å². The third kappa shape index (κ3) is 2.74. The average Bonchev–Trinajstić information content (AvgIpc) is 2.15. The van der Waals surface area contributed by atoms with Gasteiger partial charge in [0.2, 0.25) is 0 Å². The van der Waals surface area contributed by atoms with Crippen LogP contribution in [0.15, 0.2) is 24.3 Å². The predicted molar refractivity (Wildman–Crippen MR) is 48.9 cm³/mol. The van der Waals surface area contributed by atoms with Gasteiger partial charge in [0, 0.05) is 5.56 Å².